The van der Waals surface area contributed by atoms with Gasteiger partial charge in [0.1, 0.15) is 6.61 Å². The van der Waals surface area contributed by atoms with Crippen LogP contribution in [0.15, 0.2) is 0 Å². The van der Waals surface area contributed by atoms with Crippen molar-refractivity contribution < 1.29 is 14.0 Å². The maximum absolute atomic E-state index is 9.91. The second-order valence-corrected chi connectivity index (χ2v) is 3.96. The topological polar surface area (TPSA) is 46.5 Å². The van der Waals surface area contributed by atoms with Gasteiger partial charge in [0.2, 0.25) is 0 Å². The number of hydrogen-bond acceptors (Lipinski definition) is 2. The molecule has 0 fully saturated rings. The van der Waals surface area contributed by atoms with Gasteiger partial charge in [0, 0.05) is 9.90 Å². The fourth-order valence-corrected chi connectivity index (χ4v) is 1.02. The first kappa shape index (κ1) is 9.98. The molecule has 9 heavy (non-hydrogen) atoms. The molecule has 0 aliphatic rings. The molecule has 0 bridgehead atoms. The Hall–Kier alpha value is 0.980. The zero-order chi connectivity index (χ0) is 7.28. The van der Waals surface area contributed by atoms with Crippen LogP contribution in [-0.4, -0.2) is 21.7 Å². The van der Waals surface area contributed by atoms with Gasteiger partial charge in [-0.25, -0.2) is 0 Å². The summed E-state index contributed by atoms with van der Waals surface area (Å²) in [7, 11) is -2.44. The summed E-state index contributed by atoms with van der Waals surface area (Å²) in [5, 5.41) is 0.705. The number of alkyl halides is 2. The summed E-state index contributed by atoms with van der Waals surface area (Å²) in [5.41, 5.74) is 0. The Labute approximate surface area is 71.0 Å². The first-order valence-corrected chi connectivity index (χ1v) is 5.32. The monoisotopic (exact) mass is 279 g/mol. The molecule has 0 aliphatic heterocycles. The Kier molecular flexibility index (Phi) is 6.37. The van der Waals surface area contributed by atoms with Crippen LogP contribution in [0.1, 0.15) is 0 Å². The van der Waals surface area contributed by atoms with Gasteiger partial charge in [-0.05, 0) is 0 Å². The van der Waals surface area contributed by atoms with Gasteiger partial charge in [-0.2, -0.15) is 0 Å². The van der Waals surface area contributed by atoms with E-state index >= 15 is 0 Å². The van der Waals surface area contributed by atoms with Crippen molar-refractivity contribution in [1.82, 2.24) is 0 Å². The van der Waals surface area contributed by atoms with Gasteiger partial charge in [-0.3, -0.25) is 0 Å². The highest BCUT2D eigenvalue weighted by Gasteiger charge is 2.14. The zero-order valence-corrected chi connectivity index (χ0v) is 8.52. The Bertz CT molecular complexity index is 99.1. The summed E-state index contributed by atoms with van der Waals surface area (Å²) in [6, 6.07) is 0. The molecule has 2 atom stereocenters. The van der Waals surface area contributed by atoms with E-state index in [0.29, 0.717) is 5.33 Å². The molecule has 0 spiro atoms. The molecular weight excluding hydrogens is 275 g/mol. The summed E-state index contributed by atoms with van der Waals surface area (Å²) in [5.74, 6) is 0. The van der Waals surface area contributed by atoms with Crippen LogP contribution < -0.4 is 0 Å². The first-order chi connectivity index (χ1) is 4.16. The lowest BCUT2D eigenvalue weighted by Crippen LogP contribution is -2.05. The lowest BCUT2D eigenvalue weighted by Gasteiger charge is -1.95. The van der Waals surface area contributed by atoms with E-state index in [-0.39, 0.29) is 11.4 Å². The van der Waals surface area contributed by atoms with Crippen molar-refractivity contribution in [3.63, 3.8) is 0 Å². The molecular formula is C3H6Br2O3P+. The lowest BCUT2D eigenvalue weighted by molar-refractivity contribution is 0.287. The van der Waals surface area contributed by atoms with Crippen molar-refractivity contribution >= 4 is 40.1 Å². The maximum atomic E-state index is 9.91. The van der Waals surface area contributed by atoms with Crippen LogP contribution in [0, 0.1) is 0 Å². The highest BCUT2D eigenvalue weighted by Crippen LogP contribution is 2.17. The molecule has 2 unspecified atom stereocenters. The Morgan fingerprint density at radius 2 is 2.33 bits per heavy atom. The average molecular weight is 281 g/mol. The molecule has 6 heteroatoms. The molecule has 1 N–H and O–H groups in total. The lowest BCUT2D eigenvalue weighted by atomic mass is 10.5. The minimum atomic E-state index is -2.44. The fourth-order valence-electron chi connectivity index (χ4n) is 0.189. The van der Waals surface area contributed by atoms with Crippen LogP contribution in [0.3, 0.4) is 0 Å². The first-order valence-electron chi connectivity index (χ1n) is 2.16. The summed E-state index contributed by atoms with van der Waals surface area (Å²) in [6.07, 6.45) is 0. The van der Waals surface area contributed by atoms with Gasteiger partial charge >= 0.3 is 8.25 Å². The van der Waals surface area contributed by atoms with Crippen molar-refractivity contribution in [3.05, 3.63) is 0 Å². The van der Waals surface area contributed by atoms with Crippen LogP contribution in [0.25, 0.3) is 0 Å². The van der Waals surface area contributed by atoms with Crippen molar-refractivity contribution in [2.24, 2.45) is 0 Å². The minimum absolute atomic E-state index is 0.101. The van der Waals surface area contributed by atoms with Crippen molar-refractivity contribution in [3.8, 4) is 0 Å². The smallest absolute Gasteiger partial charge is 0.133 e. The second-order valence-electron chi connectivity index (χ2n) is 1.29. The Morgan fingerprint density at radius 1 is 1.78 bits per heavy atom. The van der Waals surface area contributed by atoms with Crippen LogP contribution in [0.5, 0.6) is 0 Å². The molecule has 0 saturated carbocycles. The minimum Gasteiger partial charge on any atom is -0.133 e. The van der Waals surface area contributed by atoms with Crippen molar-refractivity contribution in [1.29, 1.82) is 0 Å². The molecule has 3 nitrogen and oxygen atoms in total. The molecule has 54 valence electrons. The Morgan fingerprint density at radius 3 is 2.67 bits per heavy atom. The number of rotatable bonds is 4. The van der Waals surface area contributed by atoms with Crippen LogP contribution >= 0.6 is 40.1 Å². The van der Waals surface area contributed by atoms with E-state index in [1.807, 2.05) is 0 Å². The standard InChI is InChI=1S/C3H5Br2O3P/c4-1-3(5)2-8-9(6)7/h3H,1-2H2/p+1. The SMILES string of the molecule is O=[P+](O)OCC(Br)CBr. The van der Waals surface area contributed by atoms with E-state index in [1.165, 1.54) is 0 Å². The predicted molar refractivity (Wildman–Crippen MR) is 42.3 cm³/mol. The molecule has 0 aromatic rings. The molecule has 0 aromatic heterocycles. The van der Waals surface area contributed by atoms with Gasteiger partial charge < -0.3 is 0 Å². The van der Waals surface area contributed by atoms with Crippen LogP contribution in [0.2, 0.25) is 0 Å². The quantitative estimate of drug-likeness (QED) is 0.631. The van der Waals surface area contributed by atoms with E-state index < -0.39 is 8.25 Å². The molecule has 0 aromatic carbocycles. The third-order valence-corrected chi connectivity index (χ3v) is 3.14. The number of halogens is 2. The van der Waals surface area contributed by atoms with Crippen LogP contribution in [-0.2, 0) is 9.09 Å². The van der Waals surface area contributed by atoms with Gasteiger partial charge in [-0.15, -0.1) is 9.42 Å². The van der Waals surface area contributed by atoms with E-state index in [0.717, 1.165) is 0 Å². The normalized spacial score (nSPS) is 15.2. The van der Waals surface area contributed by atoms with Gasteiger partial charge in [0.15, 0.2) is 0 Å². The molecule has 0 heterocycles. The van der Waals surface area contributed by atoms with Crippen LogP contribution in [0.4, 0.5) is 0 Å². The zero-order valence-electron chi connectivity index (χ0n) is 4.46. The summed E-state index contributed by atoms with van der Waals surface area (Å²) in [4.78, 5) is 8.25. The van der Waals surface area contributed by atoms with Gasteiger partial charge in [-0.1, -0.05) is 31.9 Å². The summed E-state index contributed by atoms with van der Waals surface area (Å²) in [6.45, 7) is 0.247. The molecule has 0 saturated heterocycles. The largest absolute Gasteiger partial charge is 0.694 e. The Balaban J connectivity index is 3.16. The number of hydrogen-bond donors (Lipinski definition) is 1. The van der Waals surface area contributed by atoms with Gasteiger partial charge in [0.05, 0.1) is 4.83 Å². The van der Waals surface area contributed by atoms with E-state index in [9.17, 15) is 4.57 Å². The van der Waals surface area contributed by atoms with E-state index in [4.69, 9.17) is 4.89 Å². The van der Waals surface area contributed by atoms with Crippen molar-refractivity contribution in [2.75, 3.05) is 11.9 Å². The molecule has 0 rings (SSSR count). The van der Waals surface area contributed by atoms with E-state index in [2.05, 4.69) is 36.4 Å². The summed E-state index contributed by atoms with van der Waals surface area (Å²) < 4.78 is 14.3. The average Bonchev–Trinajstić information content (AvgIpc) is 1.83. The van der Waals surface area contributed by atoms with Gasteiger partial charge in [0.25, 0.3) is 0 Å². The van der Waals surface area contributed by atoms with Crippen molar-refractivity contribution in [2.45, 2.75) is 4.83 Å². The second kappa shape index (κ2) is 5.74. The maximum Gasteiger partial charge on any atom is 0.694 e. The highest BCUT2D eigenvalue weighted by atomic mass is 79.9. The molecule has 0 amide bonds. The highest BCUT2D eigenvalue weighted by molar-refractivity contribution is 9.12. The molecule has 0 radical (unpaired) electrons. The van der Waals surface area contributed by atoms with E-state index in [1.54, 1.807) is 0 Å². The molecule has 0 aliphatic carbocycles. The fraction of sp³-hybridized carbons (Fsp3) is 1.00. The third kappa shape index (κ3) is 6.87. The summed E-state index contributed by atoms with van der Waals surface area (Å²) >= 11 is 6.36. The predicted octanol–water partition coefficient (Wildman–Crippen LogP) is 1.81. The third-order valence-electron chi connectivity index (χ3n) is 0.533.